The van der Waals surface area contributed by atoms with Crippen molar-refractivity contribution < 1.29 is 36.7 Å². The number of aromatic nitrogens is 2. The molecule has 1 unspecified atom stereocenters. The topological polar surface area (TPSA) is 148 Å². The van der Waals surface area contributed by atoms with Gasteiger partial charge in [0.1, 0.15) is 21.6 Å². The van der Waals surface area contributed by atoms with Crippen LogP contribution in [0, 0.1) is 11.9 Å². The van der Waals surface area contributed by atoms with Crippen LogP contribution in [-0.4, -0.2) is 71.2 Å². The maximum atomic E-state index is 13.6. The first-order valence-corrected chi connectivity index (χ1v) is 16.7. The zero-order chi connectivity index (χ0) is 34.0. The number of nitrogens with one attached hydrogen (secondary N) is 1. The van der Waals surface area contributed by atoms with Gasteiger partial charge in [-0.05, 0) is 121 Å². The lowest BCUT2D eigenvalue weighted by atomic mass is 9.93. The Balaban J connectivity index is 1.77. The molecule has 15 heteroatoms. The smallest absolute Gasteiger partial charge is 0.419 e. The van der Waals surface area contributed by atoms with Crippen LogP contribution in [-0.2, 0) is 19.5 Å². The number of sulfonamides is 1. The molecule has 248 valence electrons. The Kier molecular flexibility index (Phi) is 10.9. The number of hydrogen-bond acceptors (Lipinski definition) is 10. The minimum atomic E-state index is -4.47. The summed E-state index contributed by atoms with van der Waals surface area (Å²) >= 11 is 3.35. The largest absolute Gasteiger partial charge is 0.443 e. The molecule has 0 spiro atoms. The van der Waals surface area contributed by atoms with E-state index < -0.39 is 55.8 Å². The molecule has 0 radical (unpaired) electrons. The first kappa shape index (κ1) is 36.1. The zero-order valence-corrected chi connectivity index (χ0v) is 29.2. The van der Waals surface area contributed by atoms with E-state index in [2.05, 4.69) is 25.9 Å². The van der Waals surface area contributed by atoms with Crippen molar-refractivity contribution in [3.8, 4) is 0 Å². The minimum absolute atomic E-state index is 0.00734. The number of pyridine rings is 2. The fraction of sp³-hybridized carbons (Fsp3) is 0.567. The van der Waals surface area contributed by atoms with Crippen molar-refractivity contribution in [1.82, 2.24) is 19.6 Å². The molecule has 12 nitrogen and oxygen atoms in total. The first-order valence-electron chi connectivity index (χ1n) is 14.5. The lowest BCUT2D eigenvalue weighted by Gasteiger charge is -2.33. The summed E-state index contributed by atoms with van der Waals surface area (Å²) in [7, 11) is -4.47. The van der Waals surface area contributed by atoms with Crippen LogP contribution in [0.15, 0.2) is 40.0 Å². The number of amides is 3. The number of imide groups is 1. The minimum Gasteiger partial charge on any atom is -0.443 e. The van der Waals surface area contributed by atoms with Crippen molar-refractivity contribution in [2.45, 2.75) is 96.4 Å². The molecule has 0 saturated carbocycles. The summed E-state index contributed by atoms with van der Waals surface area (Å²) in [5.74, 6) is -1.60. The van der Waals surface area contributed by atoms with Crippen LogP contribution in [0.5, 0.6) is 0 Å². The van der Waals surface area contributed by atoms with Gasteiger partial charge < -0.3 is 14.4 Å². The first-order chi connectivity index (χ1) is 20.6. The molecular weight excluding hydrogens is 673 g/mol. The normalized spacial score (nSPS) is 16.7. The summed E-state index contributed by atoms with van der Waals surface area (Å²) < 4.78 is 52.5. The summed E-state index contributed by atoms with van der Waals surface area (Å²) in [4.78, 5) is 49.8. The van der Waals surface area contributed by atoms with E-state index in [4.69, 9.17) is 9.47 Å². The van der Waals surface area contributed by atoms with Crippen LogP contribution < -0.4 is 9.62 Å². The zero-order valence-electron chi connectivity index (χ0n) is 26.8. The molecule has 45 heavy (non-hydrogen) atoms. The predicted molar refractivity (Wildman–Crippen MR) is 169 cm³/mol. The monoisotopic (exact) mass is 713 g/mol. The van der Waals surface area contributed by atoms with Gasteiger partial charge in [-0.15, -0.1) is 0 Å². The Labute approximate surface area is 272 Å². The molecule has 3 heterocycles. The molecule has 1 fully saturated rings. The maximum absolute atomic E-state index is 13.6. The van der Waals surface area contributed by atoms with E-state index in [1.807, 2.05) is 23.5 Å². The third kappa shape index (κ3) is 10.1. The second-order valence-electron chi connectivity index (χ2n) is 13.5. The highest BCUT2D eigenvalue weighted by molar-refractivity contribution is 9.10. The Morgan fingerprint density at radius 3 is 2.20 bits per heavy atom. The van der Waals surface area contributed by atoms with Gasteiger partial charge in [-0.2, -0.15) is 12.8 Å². The number of rotatable bonds is 8. The number of anilines is 1. The van der Waals surface area contributed by atoms with E-state index >= 15 is 0 Å². The molecule has 1 aliphatic heterocycles. The highest BCUT2D eigenvalue weighted by atomic mass is 79.9. The lowest BCUT2D eigenvalue weighted by Crippen LogP contribution is -2.44. The van der Waals surface area contributed by atoms with Gasteiger partial charge in [-0.1, -0.05) is 6.07 Å². The van der Waals surface area contributed by atoms with Gasteiger partial charge >= 0.3 is 12.2 Å². The Morgan fingerprint density at radius 2 is 1.64 bits per heavy atom. The molecule has 1 aliphatic rings. The standard InChI is InChI=1S/C30H41BrFN5O7S/c1-28(2,3)43-26(39)36(27(40)44-29(4,5)6)16-10-11-19-17-30(7,8)37(18-19)24-20(14-15-21(31)33-24)25(38)35-45(41,42)23-13-9-12-22(32)34-23/h9,12-15,19H,10-11,16-18H2,1-8H3,(H,35,38). The Bertz CT molecular complexity index is 1510. The van der Waals surface area contributed by atoms with E-state index in [1.54, 1.807) is 41.5 Å². The highest BCUT2D eigenvalue weighted by Crippen LogP contribution is 2.39. The number of hydrogen-bond donors (Lipinski definition) is 1. The van der Waals surface area contributed by atoms with Crippen LogP contribution in [0.2, 0.25) is 0 Å². The van der Waals surface area contributed by atoms with E-state index in [9.17, 15) is 27.2 Å². The molecular formula is C30H41BrFN5O7S. The van der Waals surface area contributed by atoms with Crippen molar-refractivity contribution in [2.24, 2.45) is 5.92 Å². The Morgan fingerprint density at radius 1 is 1.04 bits per heavy atom. The van der Waals surface area contributed by atoms with Gasteiger partial charge in [0.05, 0.1) is 5.56 Å². The molecule has 3 amide bonds. The van der Waals surface area contributed by atoms with Crippen LogP contribution in [0.25, 0.3) is 0 Å². The molecule has 2 aromatic heterocycles. The molecule has 2 aromatic rings. The molecule has 0 aliphatic carbocycles. The number of carbonyl (C=O) groups excluding carboxylic acids is 3. The van der Waals surface area contributed by atoms with Crippen molar-refractivity contribution in [2.75, 3.05) is 18.0 Å². The lowest BCUT2D eigenvalue weighted by molar-refractivity contribution is 0.000989. The molecule has 1 saturated heterocycles. The van der Waals surface area contributed by atoms with Gasteiger partial charge in [-0.25, -0.2) is 29.2 Å². The fourth-order valence-electron chi connectivity index (χ4n) is 4.96. The van der Waals surface area contributed by atoms with E-state index in [1.165, 1.54) is 18.2 Å². The molecule has 0 aromatic carbocycles. The average Bonchev–Trinajstić information content (AvgIpc) is 3.17. The average molecular weight is 715 g/mol. The molecule has 0 bridgehead atoms. The second-order valence-corrected chi connectivity index (χ2v) is 15.9. The van der Waals surface area contributed by atoms with Crippen LogP contribution in [0.4, 0.5) is 19.8 Å². The Hall–Kier alpha value is -3.33. The van der Waals surface area contributed by atoms with Gasteiger partial charge in [-0.3, -0.25) is 4.79 Å². The maximum Gasteiger partial charge on any atom is 0.419 e. The molecule has 1 N–H and O–H groups in total. The molecule has 1 atom stereocenters. The van der Waals surface area contributed by atoms with Gasteiger partial charge in [0.25, 0.3) is 15.9 Å². The van der Waals surface area contributed by atoms with E-state index in [0.29, 0.717) is 30.4 Å². The van der Waals surface area contributed by atoms with E-state index in [0.717, 1.165) is 17.0 Å². The van der Waals surface area contributed by atoms with E-state index in [-0.39, 0.29) is 23.8 Å². The number of halogens is 2. The van der Waals surface area contributed by atoms with Crippen LogP contribution >= 0.6 is 15.9 Å². The quantitative estimate of drug-likeness (QED) is 0.320. The highest BCUT2D eigenvalue weighted by Gasteiger charge is 2.41. The van der Waals surface area contributed by atoms with Gasteiger partial charge in [0.2, 0.25) is 5.95 Å². The fourth-order valence-corrected chi connectivity index (χ4v) is 6.18. The summed E-state index contributed by atoms with van der Waals surface area (Å²) in [5, 5.41) is -0.629. The van der Waals surface area contributed by atoms with Crippen molar-refractivity contribution in [3.05, 3.63) is 46.4 Å². The number of carbonyl (C=O) groups is 3. The summed E-state index contributed by atoms with van der Waals surface area (Å²) in [5.41, 5.74) is -2.09. The summed E-state index contributed by atoms with van der Waals surface area (Å²) in [6, 6.07) is 6.24. The molecule has 3 rings (SSSR count). The summed E-state index contributed by atoms with van der Waals surface area (Å²) in [6.07, 6.45) is 0.194. The van der Waals surface area contributed by atoms with Crippen molar-refractivity contribution >= 4 is 49.9 Å². The van der Waals surface area contributed by atoms with Crippen LogP contribution in [0.1, 0.15) is 85.0 Å². The van der Waals surface area contributed by atoms with Gasteiger partial charge in [0, 0.05) is 18.6 Å². The third-order valence-electron chi connectivity index (χ3n) is 6.71. The SMILES string of the molecule is CC(C)(C)OC(=O)N(CCCC1CN(c2nc(Br)ccc2C(=O)NS(=O)(=O)c2cccc(F)n2)C(C)(C)C1)C(=O)OC(C)(C)C. The van der Waals surface area contributed by atoms with Gasteiger partial charge in [0.15, 0.2) is 5.03 Å². The summed E-state index contributed by atoms with van der Waals surface area (Å²) in [6.45, 7) is 14.8. The predicted octanol–water partition coefficient (Wildman–Crippen LogP) is 6.05. The third-order valence-corrected chi connectivity index (χ3v) is 8.39. The number of ether oxygens (including phenoxy) is 2. The van der Waals surface area contributed by atoms with Crippen molar-refractivity contribution in [1.29, 1.82) is 0 Å². The second kappa shape index (κ2) is 13.6. The number of nitrogens with zero attached hydrogens (tertiary/aromatic N) is 4. The van der Waals surface area contributed by atoms with Crippen LogP contribution in [0.3, 0.4) is 0 Å². The van der Waals surface area contributed by atoms with Crippen molar-refractivity contribution in [3.63, 3.8) is 0 Å².